The fraction of sp³-hybridized carbons (Fsp3) is 0.600. The summed E-state index contributed by atoms with van der Waals surface area (Å²) in [5, 5.41) is 4.39. The van der Waals surface area contributed by atoms with Crippen molar-refractivity contribution < 1.29 is 0 Å². The van der Waals surface area contributed by atoms with Crippen LogP contribution in [0.5, 0.6) is 0 Å². The van der Waals surface area contributed by atoms with Gasteiger partial charge in [0.25, 0.3) is 0 Å². The minimum Gasteiger partial charge on any atom is -0.317 e. The van der Waals surface area contributed by atoms with E-state index >= 15 is 0 Å². The Morgan fingerprint density at radius 1 is 1.26 bits per heavy atom. The number of fused-ring (bicyclic) bond motifs is 1. The Labute approximate surface area is 126 Å². The molecule has 2 heterocycles. The van der Waals surface area contributed by atoms with E-state index in [9.17, 15) is 0 Å². The van der Waals surface area contributed by atoms with Crippen molar-refractivity contribution in [1.29, 1.82) is 0 Å². The number of hydrogen-bond acceptors (Lipinski definition) is 2. The van der Waals surface area contributed by atoms with E-state index in [2.05, 4.69) is 22.3 Å². The first kappa shape index (κ1) is 15.1. The van der Waals surface area contributed by atoms with E-state index in [1.54, 1.807) is 0 Å². The summed E-state index contributed by atoms with van der Waals surface area (Å²) in [6.07, 6.45) is 3.78. The maximum atomic E-state index is 6.25. The zero-order valence-corrected chi connectivity index (χ0v) is 12.8. The van der Waals surface area contributed by atoms with Gasteiger partial charge in [-0.15, -0.1) is 12.4 Å². The Bertz CT molecular complexity index is 417. The fourth-order valence-electron chi connectivity index (χ4n) is 3.21. The summed E-state index contributed by atoms with van der Waals surface area (Å²) >= 11 is 6.25. The SMILES string of the molecule is Cl.Clc1cccc2c1CCN(CC1CCNCC1)C2. The molecule has 2 aliphatic rings. The van der Waals surface area contributed by atoms with E-state index in [1.807, 2.05) is 6.07 Å². The van der Waals surface area contributed by atoms with Gasteiger partial charge in [0.1, 0.15) is 0 Å². The van der Waals surface area contributed by atoms with Gasteiger partial charge in [-0.25, -0.2) is 0 Å². The van der Waals surface area contributed by atoms with Gasteiger partial charge in [-0.3, -0.25) is 4.90 Å². The van der Waals surface area contributed by atoms with Crippen molar-refractivity contribution in [1.82, 2.24) is 10.2 Å². The van der Waals surface area contributed by atoms with E-state index in [1.165, 1.54) is 50.1 Å². The Morgan fingerprint density at radius 3 is 2.84 bits per heavy atom. The van der Waals surface area contributed by atoms with Gasteiger partial charge in [-0.2, -0.15) is 0 Å². The van der Waals surface area contributed by atoms with Gasteiger partial charge in [-0.05, 0) is 55.5 Å². The van der Waals surface area contributed by atoms with E-state index in [-0.39, 0.29) is 12.4 Å². The summed E-state index contributed by atoms with van der Waals surface area (Å²) in [4.78, 5) is 2.61. The van der Waals surface area contributed by atoms with Crippen LogP contribution in [0.25, 0.3) is 0 Å². The number of rotatable bonds is 2. The lowest BCUT2D eigenvalue weighted by molar-refractivity contribution is 0.191. The van der Waals surface area contributed by atoms with Crippen molar-refractivity contribution in [3.63, 3.8) is 0 Å². The first-order valence-electron chi connectivity index (χ1n) is 7.02. The van der Waals surface area contributed by atoms with Crippen molar-refractivity contribution in [3.05, 3.63) is 34.3 Å². The molecule has 2 nitrogen and oxygen atoms in total. The minimum absolute atomic E-state index is 0. The van der Waals surface area contributed by atoms with Crippen molar-refractivity contribution in [2.45, 2.75) is 25.8 Å². The molecule has 1 saturated heterocycles. The number of piperidine rings is 1. The molecule has 106 valence electrons. The van der Waals surface area contributed by atoms with E-state index in [4.69, 9.17) is 11.6 Å². The highest BCUT2D eigenvalue weighted by Crippen LogP contribution is 2.27. The first-order valence-corrected chi connectivity index (χ1v) is 7.40. The molecule has 0 radical (unpaired) electrons. The van der Waals surface area contributed by atoms with Crippen LogP contribution in [-0.2, 0) is 13.0 Å². The second-order valence-electron chi connectivity index (χ2n) is 5.56. The monoisotopic (exact) mass is 300 g/mol. The topological polar surface area (TPSA) is 15.3 Å². The highest BCUT2D eigenvalue weighted by atomic mass is 35.5. The number of halogens is 2. The Balaban J connectivity index is 0.00000133. The summed E-state index contributed by atoms with van der Waals surface area (Å²) in [5.74, 6) is 0.881. The summed E-state index contributed by atoms with van der Waals surface area (Å²) in [5.41, 5.74) is 2.81. The van der Waals surface area contributed by atoms with Crippen LogP contribution in [0.2, 0.25) is 5.02 Å². The van der Waals surface area contributed by atoms with Crippen LogP contribution in [0, 0.1) is 5.92 Å². The average molecular weight is 301 g/mol. The third-order valence-corrected chi connectivity index (χ3v) is 4.62. The summed E-state index contributed by atoms with van der Waals surface area (Å²) in [6, 6.07) is 6.33. The molecule has 0 unspecified atom stereocenters. The molecule has 19 heavy (non-hydrogen) atoms. The summed E-state index contributed by atoms with van der Waals surface area (Å²) < 4.78 is 0. The van der Waals surface area contributed by atoms with Crippen LogP contribution in [0.1, 0.15) is 24.0 Å². The van der Waals surface area contributed by atoms with Crippen LogP contribution in [0.4, 0.5) is 0 Å². The molecule has 4 heteroatoms. The molecule has 3 rings (SSSR count). The molecule has 1 aromatic rings. The standard InChI is InChI=1S/C15H21ClN2.ClH/c16-15-3-1-2-13-11-18(9-6-14(13)15)10-12-4-7-17-8-5-12;/h1-3,12,17H,4-11H2;1H. The minimum atomic E-state index is 0. The van der Waals surface area contributed by atoms with Crippen molar-refractivity contribution in [3.8, 4) is 0 Å². The van der Waals surface area contributed by atoms with Crippen LogP contribution in [0.3, 0.4) is 0 Å². The van der Waals surface area contributed by atoms with Gasteiger partial charge in [0.2, 0.25) is 0 Å². The Morgan fingerprint density at radius 2 is 2.05 bits per heavy atom. The van der Waals surface area contributed by atoms with Crippen molar-refractivity contribution in [2.75, 3.05) is 26.2 Å². The highest BCUT2D eigenvalue weighted by molar-refractivity contribution is 6.31. The Hall–Kier alpha value is -0.280. The molecule has 0 saturated carbocycles. The summed E-state index contributed by atoms with van der Waals surface area (Å²) in [7, 11) is 0. The van der Waals surface area contributed by atoms with Gasteiger partial charge in [-0.1, -0.05) is 23.7 Å². The predicted octanol–water partition coefficient (Wildman–Crippen LogP) is 3.12. The van der Waals surface area contributed by atoms with Gasteiger partial charge < -0.3 is 5.32 Å². The fourth-order valence-corrected chi connectivity index (χ4v) is 3.50. The first-order chi connectivity index (χ1) is 8.83. The molecule has 0 atom stereocenters. The second-order valence-corrected chi connectivity index (χ2v) is 5.96. The van der Waals surface area contributed by atoms with Crippen molar-refractivity contribution in [2.24, 2.45) is 5.92 Å². The average Bonchev–Trinajstić information content (AvgIpc) is 2.40. The molecule has 0 bridgehead atoms. The summed E-state index contributed by atoms with van der Waals surface area (Å²) in [6.45, 7) is 5.90. The molecule has 2 aliphatic heterocycles. The molecule has 1 N–H and O–H groups in total. The third kappa shape index (κ3) is 3.63. The number of nitrogens with zero attached hydrogens (tertiary/aromatic N) is 1. The number of nitrogens with one attached hydrogen (secondary N) is 1. The van der Waals surface area contributed by atoms with E-state index in [0.29, 0.717) is 0 Å². The highest BCUT2D eigenvalue weighted by Gasteiger charge is 2.21. The van der Waals surface area contributed by atoms with Gasteiger partial charge in [0.15, 0.2) is 0 Å². The largest absolute Gasteiger partial charge is 0.317 e. The molecule has 1 fully saturated rings. The van der Waals surface area contributed by atoms with Crippen LogP contribution >= 0.6 is 24.0 Å². The van der Waals surface area contributed by atoms with Crippen LogP contribution < -0.4 is 5.32 Å². The molecular formula is C15H22Cl2N2. The smallest absolute Gasteiger partial charge is 0.0441 e. The van der Waals surface area contributed by atoms with E-state index in [0.717, 1.165) is 23.9 Å². The third-order valence-electron chi connectivity index (χ3n) is 4.26. The molecular weight excluding hydrogens is 279 g/mol. The number of hydrogen-bond donors (Lipinski definition) is 1. The lowest BCUT2D eigenvalue weighted by Gasteiger charge is -2.33. The van der Waals surface area contributed by atoms with Crippen molar-refractivity contribution >= 4 is 24.0 Å². The molecule has 0 aliphatic carbocycles. The van der Waals surface area contributed by atoms with E-state index < -0.39 is 0 Å². The second kappa shape index (κ2) is 6.94. The molecule has 0 amide bonds. The van der Waals surface area contributed by atoms with Gasteiger partial charge in [0, 0.05) is 24.7 Å². The van der Waals surface area contributed by atoms with Gasteiger partial charge in [0.05, 0.1) is 0 Å². The molecule has 0 aromatic heterocycles. The molecule has 0 spiro atoms. The zero-order chi connectivity index (χ0) is 12.4. The molecule has 1 aromatic carbocycles. The Kier molecular flexibility index (Phi) is 5.52. The predicted molar refractivity (Wildman–Crippen MR) is 83.3 cm³/mol. The maximum absolute atomic E-state index is 6.25. The number of benzene rings is 1. The lowest BCUT2D eigenvalue weighted by Crippen LogP contribution is -2.38. The maximum Gasteiger partial charge on any atom is 0.0441 e. The quantitative estimate of drug-likeness (QED) is 0.903. The zero-order valence-electron chi connectivity index (χ0n) is 11.2. The van der Waals surface area contributed by atoms with Gasteiger partial charge >= 0.3 is 0 Å². The lowest BCUT2D eigenvalue weighted by atomic mass is 9.94. The van der Waals surface area contributed by atoms with Crippen LogP contribution in [-0.4, -0.2) is 31.1 Å². The van der Waals surface area contributed by atoms with Crippen LogP contribution in [0.15, 0.2) is 18.2 Å². The normalized spacial score (nSPS) is 20.7.